The van der Waals surface area contributed by atoms with E-state index in [0.717, 1.165) is 15.9 Å². The summed E-state index contributed by atoms with van der Waals surface area (Å²) in [6.45, 7) is 1.89. The maximum absolute atomic E-state index is 12.7. The monoisotopic (exact) mass is 204 g/mol. The summed E-state index contributed by atoms with van der Waals surface area (Å²) in [5, 5.41) is 9.64. The van der Waals surface area contributed by atoms with Crippen LogP contribution >= 0.6 is 0 Å². The standard InChI is InChI=1S/C12H11FNO/c1-9-3-2-8-14(15)12(9)10-4-6-11(13)7-5-10/h2-8,15H,1H3/q+1. The highest BCUT2D eigenvalue weighted by Gasteiger charge is 2.15. The van der Waals surface area contributed by atoms with Gasteiger partial charge in [0.2, 0.25) is 6.20 Å². The molecule has 0 bridgehead atoms. The Hall–Kier alpha value is -1.90. The minimum atomic E-state index is -0.281. The Morgan fingerprint density at radius 3 is 2.40 bits per heavy atom. The second-order valence-electron chi connectivity index (χ2n) is 3.39. The van der Waals surface area contributed by atoms with Crippen LogP contribution in [0.1, 0.15) is 5.56 Å². The van der Waals surface area contributed by atoms with Crippen LogP contribution in [0.3, 0.4) is 0 Å². The quantitative estimate of drug-likeness (QED) is 0.559. The zero-order valence-electron chi connectivity index (χ0n) is 8.31. The Kier molecular flexibility index (Phi) is 2.37. The lowest BCUT2D eigenvalue weighted by Gasteiger charge is -2.00. The molecule has 0 aliphatic rings. The predicted molar refractivity (Wildman–Crippen MR) is 54.0 cm³/mol. The minimum absolute atomic E-state index is 0.281. The third-order valence-corrected chi connectivity index (χ3v) is 2.29. The molecular weight excluding hydrogens is 193 g/mol. The van der Waals surface area contributed by atoms with Crippen LogP contribution in [0, 0.1) is 12.7 Å². The summed E-state index contributed by atoms with van der Waals surface area (Å²) >= 11 is 0. The summed E-state index contributed by atoms with van der Waals surface area (Å²) in [7, 11) is 0. The fraction of sp³-hybridized carbons (Fsp3) is 0.0833. The molecule has 1 aromatic heterocycles. The Bertz CT molecular complexity index is 459. The van der Waals surface area contributed by atoms with E-state index in [1.807, 2.05) is 13.0 Å². The van der Waals surface area contributed by atoms with Crippen LogP contribution in [0.2, 0.25) is 0 Å². The number of halogens is 1. The van der Waals surface area contributed by atoms with Crippen molar-refractivity contribution >= 4 is 0 Å². The highest BCUT2D eigenvalue weighted by atomic mass is 19.1. The van der Waals surface area contributed by atoms with Crippen LogP contribution in [-0.4, -0.2) is 5.21 Å². The van der Waals surface area contributed by atoms with Crippen molar-refractivity contribution in [1.82, 2.24) is 0 Å². The molecule has 76 valence electrons. The summed E-state index contributed by atoms with van der Waals surface area (Å²) in [5.74, 6) is -0.281. The molecule has 0 amide bonds. The number of aryl methyl sites for hydroxylation is 1. The molecule has 0 saturated carbocycles. The van der Waals surface area contributed by atoms with Gasteiger partial charge in [0.1, 0.15) is 5.82 Å². The molecule has 0 unspecified atom stereocenters. The fourth-order valence-electron chi connectivity index (χ4n) is 1.57. The number of hydrogen-bond donors (Lipinski definition) is 1. The lowest BCUT2D eigenvalue weighted by Crippen LogP contribution is -2.32. The molecule has 0 radical (unpaired) electrons. The third kappa shape index (κ3) is 1.81. The Morgan fingerprint density at radius 1 is 1.13 bits per heavy atom. The van der Waals surface area contributed by atoms with Crippen LogP contribution < -0.4 is 4.73 Å². The Balaban J connectivity index is 2.58. The van der Waals surface area contributed by atoms with Gasteiger partial charge in [-0.15, -0.1) is 0 Å². The highest BCUT2D eigenvalue weighted by molar-refractivity contribution is 5.59. The molecule has 0 atom stereocenters. The molecule has 15 heavy (non-hydrogen) atoms. The van der Waals surface area contributed by atoms with E-state index in [1.54, 1.807) is 24.4 Å². The van der Waals surface area contributed by atoms with Crippen LogP contribution in [0.5, 0.6) is 0 Å². The summed E-state index contributed by atoms with van der Waals surface area (Å²) < 4.78 is 13.8. The van der Waals surface area contributed by atoms with Crippen molar-refractivity contribution in [2.45, 2.75) is 6.92 Å². The molecule has 0 spiro atoms. The van der Waals surface area contributed by atoms with Gasteiger partial charge in [-0.1, -0.05) is 0 Å². The molecule has 1 aromatic carbocycles. The van der Waals surface area contributed by atoms with Crippen molar-refractivity contribution in [3.63, 3.8) is 0 Å². The SMILES string of the molecule is Cc1ccc[n+](O)c1-c1ccc(F)cc1. The van der Waals surface area contributed by atoms with Crippen LogP contribution in [-0.2, 0) is 0 Å². The maximum atomic E-state index is 12.7. The van der Waals surface area contributed by atoms with E-state index in [-0.39, 0.29) is 5.82 Å². The lowest BCUT2D eigenvalue weighted by molar-refractivity contribution is -0.896. The van der Waals surface area contributed by atoms with E-state index < -0.39 is 0 Å². The number of hydrogen-bond acceptors (Lipinski definition) is 1. The van der Waals surface area contributed by atoms with E-state index in [2.05, 4.69) is 0 Å². The summed E-state index contributed by atoms with van der Waals surface area (Å²) in [5.41, 5.74) is 2.40. The van der Waals surface area contributed by atoms with Gasteiger partial charge in [0.05, 0.1) is 5.56 Å². The zero-order chi connectivity index (χ0) is 10.8. The summed E-state index contributed by atoms with van der Waals surface area (Å²) in [4.78, 5) is 0. The van der Waals surface area contributed by atoms with Crippen molar-refractivity contribution < 1.29 is 14.3 Å². The van der Waals surface area contributed by atoms with Gasteiger partial charge in [0.15, 0.2) is 0 Å². The van der Waals surface area contributed by atoms with Crippen molar-refractivity contribution in [2.75, 3.05) is 0 Å². The van der Waals surface area contributed by atoms with Gasteiger partial charge in [-0.2, -0.15) is 0 Å². The first-order valence-electron chi connectivity index (χ1n) is 4.65. The van der Waals surface area contributed by atoms with Crippen LogP contribution in [0.25, 0.3) is 11.3 Å². The van der Waals surface area contributed by atoms with Crippen LogP contribution in [0.4, 0.5) is 4.39 Å². The maximum Gasteiger partial charge on any atom is 0.267 e. The number of nitrogens with zero attached hydrogens (tertiary/aromatic N) is 1. The second kappa shape index (κ2) is 3.69. The van der Waals surface area contributed by atoms with E-state index >= 15 is 0 Å². The number of benzene rings is 1. The van der Waals surface area contributed by atoms with Gasteiger partial charge in [0.25, 0.3) is 5.69 Å². The molecule has 0 saturated heterocycles. The van der Waals surface area contributed by atoms with Crippen LogP contribution in [0.15, 0.2) is 42.6 Å². The molecule has 0 aliphatic carbocycles. The van der Waals surface area contributed by atoms with E-state index in [0.29, 0.717) is 5.69 Å². The fourth-order valence-corrected chi connectivity index (χ4v) is 1.57. The average Bonchev–Trinajstić information content (AvgIpc) is 2.20. The molecular formula is C12H11FNO+. The van der Waals surface area contributed by atoms with Gasteiger partial charge in [-0.3, -0.25) is 5.21 Å². The first-order valence-corrected chi connectivity index (χ1v) is 4.65. The number of rotatable bonds is 1. The summed E-state index contributed by atoms with van der Waals surface area (Å²) in [6.07, 6.45) is 1.55. The van der Waals surface area contributed by atoms with Crippen molar-refractivity contribution in [1.29, 1.82) is 0 Å². The third-order valence-electron chi connectivity index (χ3n) is 2.29. The molecule has 2 aromatic rings. The zero-order valence-corrected chi connectivity index (χ0v) is 8.31. The largest absolute Gasteiger partial charge is 0.285 e. The van der Waals surface area contributed by atoms with Gasteiger partial charge in [-0.05, 0) is 37.3 Å². The second-order valence-corrected chi connectivity index (χ2v) is 3.39. The number of pyridine rings is 1. The Labute approximate surface area is 87.2 Å². The molecule has 0 fully saturated rings. The van der Waals surface area contributed by atoms with E-state index in [9.17, 15) is 9.60 Å². The van der Waals surface area contributed by atoms with Gasteiger partial charge >= 0.3 is 0 Å². The van der Waals surface area contributed by atoms with Gasteiger partial charge in [0, 0.05) is 16.4 Å². The first-order chi connectivity index (χ1) is 7.18. The molecule has 3 heteroatoms. The molecule has 2 rings (SSSR count). The topological polar surface area (TPSA) is 24.1 Å². The van der Waals surface area contributed by atoms with Crippen molar-refractivity contribution in [3.8, 4) is 11.3 Å². The van der Waals surface area contributed by atoms with E-state index in [1.165, 1.54) is 12.1 Å². The first kappa shape index (κ1) is 9.65. The molecule has 1 N–H and O–H groups in total. The van der Waals surface area contributed by atoms with Crippen molar-refractivity contribution in [2.24, 2.45) is 0 Å². The van der Waals surface area contributed by atoms with Gasteiger partial charge in [-0.25, -0.2) is 4.39 Å². The number of aromatic nitrogens is 1. The normalized spacial score (nSPS) is 10.3. The molecule has 2 nitrogen and oxygen atoms in total. The average molecular weight is 204 g/mol. The predicted octanol–water partition coefficient (Wildman–Crippen LogP) is 2.33. The smallest absolute Gasteiger partial charge is 0.267 e. The van der Waals surface area contributed by atoms with E-state index in [4.69, 9.17) is 0 Å². The highest BCUT2D eigenvalue weighted by Crippen LogP contribution is 2.18. The lowest BCUT2D eigenvalue weighted by atomic mass is 10.1. The van der Waals surface area contributed by atoms with Crippen molar-refractivity contribution in [3.05, 3.63) is 54.0 Å². The molecule has 1 heterocycles. The summed E-state index contributed by atoms with van der Waals surface area (Å²) in [6, 6.07) is 9.69. The molecule has 0 aliphatic heterocycles. The minimum Gasteiger partial charge on any atom is -0.285 e. The van der Waals surface area contributed by atoms with Gasteiger partial charge < -0.3 is 0 Å². The Morgan fingerprint density at radius 2 is 1.80 bits per heavy atom.